The van der Waals surface area contributed by atoms with Crippen LogP contribution in [0.1, 0.15) is 50.2 Å². The van der Waals surface area contributed by atoms with Crippen molar-refractivity contribution in [3.05, 3.63) is 71.8 Å². The number of aliphatic carboxylic acids is 1. The molecule has 4 atom stereocenters. The Kier molecular flexibility index (Phi) is 11.8. The number of carbonyl (C=O) groups excluding carboxylic acids is 2. The molecule has 4 rings (SSSR count). The van der Waals surface area contributed by atoms with Gasteiger partial charge in [-0.1, -0.05) is 60.7 Å². The molecule has 0 aliphatic carbocycles. The molecule has 2 aromatic carbocycles. The molecule has 0 aromatic heterocycles. The van der Waals surface area contributed by atoms with Gasteiger partial charge in [0.1, 0.15) is 26.2 Å². The molecule has 2 heterocycles. The van der Waals surface area contributed by atoms with E-state index in [4.69, 9.17) is 0 Å². The molecule has 0 saturated carbocycles. The van der Waals surface area contributed by atoms with Crippen LogP contribution in [0.4, 0.5) is 0 Å². The molecule has 2 amide bonds. The van der Waals surface area contributed by atoms with Crippen molar-refractivity contribution in [1.29, 1.82) is 0 Å². The minimum Gasteiger partial charge on any atom is -0.480 e. The molecule has 2 aliphatic rings. The third-order valence-electron chi connectivity index (χ3n) is 8.07. The summed E-state index contributed by atoms with van der Waals surface area (Å²) in [6.07, 6.45) is 4.00. The van der Waals surface area contributed by atoms with Crippen molar-refractivity contribution in [3.8, 4) is 0 Å². The zero-order chi connectivity index (χ0) is 27.1. The first-order chi connectivity index (χ1) is 18.3. The smallest absolute Gasteiger partial charge is 0.326 e. The Morgan fingerprint density at radius 2 is 1.44 bits per heavy atom. The molecule has 1 N–H and O–H groups in total. The SMILES string of the molecule is C[C@@](CCc1ccccc1)(C(=O)N1CCC[C@H]1C(=O)N1CCC[C@H]1C(=O)O)N(CCc1ccccc1)[PH2]=O.[Na]. The van der Waals surface area contributed by atoms with E-state index >= 15 is 0 Å². The van der Waals surface area contributed by atoms with Crippen LogP contribution in [-0.2, 0) is 31.8 Å². The number of aryl methyl sites for hydroxylation is 1. The van der Waals surface area contributed by atoms with Crippen LogP contribution in [0.25, 0.3) is 0 Å². The Morgan fingerprint density at radius 3 is 2.00 bits per heavy atom. The molecule has 2 aromatic rings. The first-order valence-corrected chi connectivity index (χ1v) is 14.5. The van der Waals surface area contributed by atoms with Gasteiger partial charge in [-0.2, -0.15) is 0 Å². The predicted octanol–water partition coefficient (Wildman–Crippen LogP) is 3.28. The van der Waals surface area contributed by atoms with Crippen LogP contribution in [0.2, 0.25) is 0 Å². The summed E-state index contributed by atoms with van der Waals surface area (Å²) in [6.45, 7) is 3.14. The Morgan fingerprint density at radius 1 is 0.897 bits per heavy atom. The topological polar surface area (TPSA) is 98.2 Å². The number of carboxylic acids is 1. The molecule has 205 valence electrons. The molecule has 2 saturated heterocycles. The van der Waals surface area contributed by atoms with Crippen molar-refractivity contribution in [2.75, 3.05) is 19.6 Å². The van der Waals surface area contributed by atoms with Gasteiger partial charge in [-0.15, -0.1) is 0 Å². The third kappa shape index (κ3) is 7.42. The normalized spacial score (nSPS) is 20.8. The van der Waals surface area contributed by atoms with Crippen LogP contribution in [0.15, 0.2) is 60.7 Å². The first kappa shape index (κ1) is 31.6. The second-order valence-corrected chi connectivity index (χ2v) is 11.3. The van der Waals surface area contributed by atoms with E-state index in [2.05, 4.69) is 0 Å². The predicted molar refractivity (Wildman–Crippen MR) is 153 cm³/mol. The maximum Gasteiger partial charge on any atom is 0.326 e. The standard InChI is InChI=1S/C29H38N3O5P.Na/c1-29(18-16-22-10-4-2-5-11-22,32(38-37)21-17-23-12-6-3-7-13-23)28(36)31-20-8-14-24(31)26(33)30-19-9-15-25(30)27(34)35;/h2-7,10-13,24-25H,8-9,14-21,38H2,1H3,(H,34,35);/t24-,25-,29+;/m0./s1. The van der Waals surface area contributed by atoms with Gasteiger partial charge < -0.3 is 19.5 Å². The Labute approximate surface area is 254 Å². The largest absolute Gasteiger partial charge is 0.480 e. The van der Waals surface area contributed by atoms with E-state index in [-0.39, 0.29) is 41.4 Å². The molecule has 0 bridgehead atoms. The number of amides is 2. The van der Waals surface area contributed by atoms with Crippen molar-refractivity contribution < 1.29 is 24.1 Å². The molecule has 2 aliphatic heterocycles. The number of hydrogen-bond acceptors (Lipinski definition) is 4. The fourth-order valence-electron chi connectivity index (χ4n) is 5.77. The number of hydrogen-bond donors (Lipinski definition) is 1. The van der Waals surface area contributed by atoms with Crippen LogP contribution in [0, 0.1) is 0 Å². The second kappa shape index (κ2) is 14.6. The molecule has 1 unspecified atom stereocenters. The second-order valence-electron chi connectivity index (χ2n) is 10.5. The molecule has 8 nitrogen and oxygen atoms in total. The van der Waals surface area contributed by atoms with E-state index in [9.17, 15) is 24.1 Å². The summed E-state index contributed by atoms with van der Waals surface area (Å²) >= 11 is 0. The number of likely N-dealkylation sites (tertiary alicyclic amines) is 2. The number of carbonyl (C=O) groups is 3. The van der Waals surface area contributed by atoms with Gasteiger partial charge in [-0.3, -0.25) is 9.59 Å². The van der Waals surface area contributed by atoms with Gasteiger partial charge in [0.25, 0.3) is 0 Å². The zero-order valence-electron chi connectivity index (χ0n) is 23.0. The first-order valence-electron chi connectivity index (χ1n) is 13.5. The van der Waals surface area contributed by atoms with Crippen molar-refractivity contribution in [1.82, 2.24) is 14.5 Å². The number of benzene rings is 2. The minimum atomic E-state index is -1.40. The molecule has 10 heteroatoms. The maximum atomic E-state index is 14.3. The van der Waals surface area contributed by atoms with Crippen molar-refractivity contribution >= 4 is 56.0 Å². The summed E-state index contributed by atoms with van der Waals surface area (Å²) in [7, 11) is -1.40. The van der Waals surface area contributed by atoms with Crippen LogP contribution >= 0.6 is 8.61 Å². The minimum absolute atomic E-state index is 0. The van der Waals surface area contributed by atoms with Crippen molar-refractivity contribution in [2.24, 2.45) is 0 Å². The van der Waals surface area contributed by atoms with Crippen molar-refractivity contribution in [2.45, 2.75) is 69.5 Å². The van der Waals surface area contributed by atoms with E-state index < -0.39 is 32.2 Å². The number of rotatable bonds is 11. The maximum absolute atomic E-state index is 14.3. The van der Waals surface area contributed by atoms with E-state index in [0.717, 1.165) is 11.1 Å². The molecule has 1 radical (unpaired) electrons. The quantitative estimate of drug-likeness (QED) is 0.334. The van der Waals surface area contributed by atoms with Crippen LogP contribution in [0.5, 0.6) is 0 Å². The Bertz CT molecular complexity index is 1140. The van der Waals surface area contributed by atoms with Crippen LogP contribution in [-0.4, -0.2) is 104 Å². The molecule has 0 spiro atoms. The van der Waals surface area contributed by atoms with Gasteiger partial charge in [0.2, 0.25) is 11.8 Å². The van der Waals surface area contributed by atoms with Gasteiger partial charge >= 0.3 is 5.97 Å². The summed E-state index contributed by atoms with van der Waals surface area (Å²) in [6, 6.07) is 18.3. The average molecular weight is 563 g/mol. The fraction of sp³-hybridized carbons (Fsp3) is 0.483. The molecular formula is C29H38N3NaO5P. The van der Waals surface area contributed by atoms with E-state index in [1.165, 1.54) is 4.90 Å². The molecule has 39 heavy (non-hydrogen) atoms. The Hall–Kier alpha value is -1.96. The number of nitrogens with zero attached hydrogens (tertiary/aromatic N) is 3. The van der Waals surface area contributed by atoms with Gasteiger partial charge in [-0.25, -0.2) is 9.46 Å². The summed E-state index contributed by atoms with van der Waals surface area (Å²) < 4.78 is 14.5. The van der Waals surface area contributed by atoms with Crippen molar-refractivity contribution in [3.63, 3.8) is 0 Å². The average Bonchev–Trinajstić information content (AvgIpc) is 3.63. The zero-order valence-corrected chi connectivity index (χ0v) is 26.2. The van der Waals surface area contributed by atoms with Gasteiger partial charge in [0.15, 0.2) is 0 Å². The van der Waals surface area contributed by atoms with E-state index in [1.807, 2.05) is 67.6 Å². The Balaban J connectivity index is 0.00000420. The fourth-order valence-corrected chi connectivity index (χ4v) is 6.48. The molecule has 2 fully saturated rings. The summed E-state index contributed by atoms with van der Waals surface area (Å²) in [4.78, 5) is 42.6. The summed E-state index contributed by atoms with van der Waals surface area (Å²) in [5.74, 6) is -1.48. The summed E-state index contributed by atoms with van der Waals surface area (Å²) in [5, 5.41) is 9.60. The number of carboxylic acid groups (broad SMARTS) is 1. The molecular weight excluding hydrogens is 524 g/mol. The van der Waals surface area contributed by atoms with Gasteiger partial charge in [0, 0.05) is 49.2 Å². The monoisotopic (exact) mass is 562 g/mol. The third-order valence-corrected chi connectivity index (χ3v) is 9.15. The van der Waals surface area contributed by atoms with Gasteiger partial charge in [-0.05, 0) is 63.0 Å². The summed E-state index contributed by atoms with van der Waals surface area (Å²) in [5.41, 5.74) is 1.12. The van der Waals surface area contributed by atoms with E-state index in [1.54, 1.807) is 9.57 Å². The van der Waals surface area contributed by atoms with Gasteiger partial charge in [0.05, 0.1) is 0 Å². The van der Waals surface area contributed by atoms with Crippen LogP contribution < -0.4 is 0 Å². The van der Waals surface area contributed by atoms with E-state index in [0.29, 0.717) is 64.6 Å². The van der Waals surface area contributed by atoms with Crippen LogP contribution in [0.3, 0.4) is 0 Å².